The first-order valence-corrected chi connectivity index (χ1v) is 7.66. The predicted molar refractivity (Wildman–Crippen MR) is 93.3 cm³/mol. The first kappa shape index (κ1) is 15.9. The van der Waals surface area contributed by atoms with Gasteiger partial charge >= 0.3 is 0 Å². The number of carbonyl (C=O) groups excluding carboxylic acids is 1. The second-order valence-corrected chi connectivity index (χ2v) is 5.50. The molecule has 0 radical (unpaired) electrons. The van der Waals surface area contributed by atoms with E-state index in [1.807, 2.05) is 30.3 Å². The Balaban J connectivity index is 1.83. The highest BCUT2D eigenvalue weighted by molar-refractivity contribution is 5.96. The van der Waals surface area contributed by atoms with Gasteiger partial charge in [-0.25, -0.2) is 9.97 Å². The molecule has 24 heavy (non-hydrogen) atoms. The maximum absolute atomic E-state index is 12.1. The molecule has 3 aromatic rings. The van der Waals surface area contributed by atoms with E-state index >= 15 is 0 Å². The third kappa shape index (κ3) is 3.67. The van der Waals surface area contributed by atoms with E-state index in [9.17, 15) is 9.90 Å². The summed E-state index contributed by atoms with van der Waals surface area (Å²) < 4.78 is 0. The lowest BCUT2D eigenvalue weighted by Gasteiger charge is -2.10. The van der Waals surface area contributed by atoms with Gasteiger partial charge in [-0.05, 0) is 37.3 Å². The lowest BCUT2D eigenvalue weighted by molar-refractivity contribution is 0.0924. The minimum atomic E-state index is -0.581. The molecule has 122 valence electrons. The lowest BCUT2D eigenvalue weighted by atomic mass is 10.1. The summed E-state index contributed by atoms with van der Waals surface area (Å²) in [6.45, 7) is 1.84. The summed E-state index contributed by atoms with van der Waals surface area (Å²) in [4.78, 5) is 20.6. The van der Waals surface area contributed by atoms with Crippen molar-refractivity contribution in [2.24, 2.45) is 0 Å². The van der Waals surface area contributed by atoms with Gasteiger partial charge in [-0.2, -0.15) is 0 Å². The number of hydrogen-bond acceptors (Lipinski definition) is 5. The highest BCUT2D eigenvalue weighted by atomic mass is 16.3. The van der Waals surface area contributed by atoms with Gasteiger partial charge in [0.15, 0.2) is 0 Å². The van der Waals surface area contributed by atoms with Crippen LogP contribution in [0.5, 0.6) is 0 Å². The molecule has 0 aliphatic heterocycles. The number of amides is 1. The average molecular weight is 322 g/mol. The highest BCUT2D eigenvalue weighted by Crippen LogP contribution is 2.23. The zero-order chi connectivity index (χ0) is 16.9. The van der Waals surface area contributed by atoms with Crippen LogP contribution in [0.3, 0.4) is 0 Å². The van der Waals surface area contributed by atoms with E-state index < -0.39 is 6.10 Å². The molecular formula is C18H18N4O2. The normalized spacial score (nSPS) is 11.9. The van der Waals surface area contributed by atoms with E-state index in [4.69, 9.17) is 0 Å². The van der Waals surface area contributed by atoms with Crippen LogP contribution in [0.1, 0.15) is 17.3 Å². The van der Waals surface area contributed by atoms with E-state index in [-0.39, 0.29) is 12.5 Å². The SMILES string of the molecule is CC(O)CNC(=O)c1cccc(Nc2ncnc3ccccc23)c1. The molecule has 0 bridgehead atoms. The highest BCUT2D eigenvalue weighted by Gasteiger charge is 2.08. The van der Waals surface area contributed by atoms with Crippen molar-refractivity contribution in [3.05, 3.63) is 60.4 Å². The molecule has 6 heteroatoms. The van der Waals surface area contributed by atoms with E-state index in [2.05, 4.69) is 20.6 Å². The molecule has 0 fully saturated rings. The van der Waals surface area contributed by atoms with Gasteiger partial charge in [-0.3, -0.25) is 4.79 Å². The van der Waals surface area contributed by atoms with Crippen LogP contribution in [0.25, 0.3) is 10.9 Å². The van der Waals surface area contributed by atoms with E-state index in [1.54, 1.807) is 25.1 Å². The number of aromatic nitrogens is 2. The van der Waals surface area contributed by atoms with Crippen molar-refractivity contribution in [3.63, 3.8) is 0 Å². The molecule has 0 saturated heterocycles. The topological polar surface area (TPSA) is 87.1 Å². The van der Waals surface area contributed by atoms with Gasteiger partial charge in [0.05, 0.1) is 11.6 Å². The van der Waals surface area contributed by atoms with Crippen molar-refractivity contribution >= 4 is 28.3 Å². The third-order valence-corrected chi connectivity index (χ3v) is 3.49. The fraction of sp³-hybridized carbons (Fsp3) is 0.167. The van der Waals surface area contributed by atoms with Crippen LogP contribution in [0.2, 0.25) is 0 Å². The quantitative estimate of drug-likeness (QED) is 0.672. The molecule has 1 unspecified atom stereocenters. The molecule has 1 atom stereocenters. The Morgan fingerprint density at radius 3 is 2.83 bits per heavy atom. The van der Waals surface area contributed by atoms with Crippen LogP contribution in [0, 0.1) is 0 Å². The van der Waals surface area contributed by atoms with Crippen molar-refractivity contribution in [1.29, 1.82) is 0 Å². The molecule has 3 rings (SSSR count). The van der Waals surface area contributed by atoms with Crippen molar-refractivity contribution < 1.29 is 9.90 Å². The zero-order valence-electron chi connectivity index (χ0n) is 13.2. The Kier molecular flexibility index (Phi) is 4.67. The maximum Gasteiger partial charge on any atom is 0.251 e. The summed E-state index contributed by atoms with van der Waals surface area (Å²) in [5.41, 5.74) is 2.11. The molecule has 0 aliphatic carbocycles. The average Bonchev–Trinajstić information content (AvgIpc) is 2.60. The predicted octanol–water partition coefficient (Wildman–Crippen LogP) is 2.48. The van der Waals surface area contributed by atoms with Crippen LogP contribution in [-0.4, -0.2) is 33.6 Å². The summed E-state index contributed by atoms with van der Waals surface area (Å²) in [5, 5.41) is 16.1. The second-order valence-electron chi connectivity index (χ2n) is 5.50. The number of nitrogens with zero attached hydrogens (tertiary/aromatic N) is 2. The molecule has 1 aromatic heterocycles. The lowest BCUT2D eigenvalue weighted by Crippen LogP contribution is -2.30. The van der Waals surface area contributed by atoms with Gasteiger partial charge in [0.2, 0.25) is 0 Å². The number of carbonyl (C=O) groups is 1. The fourth-order valence-corrected chi connectivity index (χ4v) is 2.32. The van der Waals surface area contributed by atoms with Crippen LogP contribution in [0.4, 0.5) is 11.5 Å². The molecule has 6 nitrogen and oxygen atoms in total. The minimum absolute atomic E-state index is 0.215. The first-order chi connectivity index (χ1) is 11.6. The molecule has 2 aromatic carbocycles. The van der Waals surface area contributed by atoms with Gasteiger partial charge in [-0.1, -0.05) is 18.2 Å². The third-order valence-electron chi connectivity index (χ3n) is 3.49. The monoisotopic (exact) mass is 322 g/mol. The Morgan fingerprint density at radius 2 is 2.00 bits per heavy atom. The largest absolute Gasteiger partial charge is 0.392 e. The number of nitrogens with one attached hydrogen (secondary N) is 2. The smallest absolute Gasteiger partial charge is 0.251 e. The van der Waals surface area contributed by atoms with E-state index in [0.717, 1.165) is 16.6 Å². The summed E-state index contributed by atoms with van der Waals surface area (Å²) in [5.74, 6) is 0.453. The second kappa shape index (κ2) is 7.06. The zero-order valence-corrected chi connectivity index (χ0v) is 13.2. The van der Waals surface area contributed by atoms with Crippen LogP contribution in [-0.2, 0) is 0 Å². The standard InChI is InChI=1S/C18H18N4O2/c1-12(23)10-19-18(24)13-5-4-6-14(9-13)22-17-15-7-2-3-8-16(15)20-11-21-17/h2-9,11-12,23H,10H2,1H3,(H,19,24)(H,20,21,22). The Morgan fingerprint density at radius 1 is 1.17 bits per heavy atom. The molecule has 0 spiro atoms. The van der Waals surface area contributed by atoms with Gasteiger partial charge in [0.25, 0.3) is 5.91 Å². The Labute approximate surface area is 139 Å². The maximum atomic E-state index is 12.1. The number of anilines is 2. The van der Waals surface area contributed by atoms with Crippen LogP contribution in [0.15, 0.2) is 54.9 Å². The van der Waals surface area contributed by atoms with Gasteiger partial charge in [0, 0.05) is 23.2 Å². The van der Waals surface area contributed by atoms with E-state index in [1.165, 1.54) is 6.33 Å². The molecule has 3 N–H and O–H groups in total. The summed E-state index contributed by atoms with van der Waals surface area (Å²) in [7, 11) is 0. The number of benzene rings is 2. The number of fused-ring (bicyclic) bond motifs is 1. The first-order valence-electron chi connectivity index (χ1n) is 7.66. The fourth-order valence-electron chi connectivity index (χ4n) is 2.32. The van der Waals surface area contributed by atoms with Crippen molar-refractivity contribution in [1.82, 2.24) is 15.3 Å². The van der Waals surface area contributed by atoms with E-state index in [0.29, 0.717) is 11.4 Å². The molecule has 0 aliphatic rings. The van der Waals surface area contributed by atoms with Crippen LogP contribution < -0.4 is 10.6 Å². The van der Waals surface area contributed by atoms with Crippen molar-refractivity contribution in [2.75, 3.05) is 11.9 Å². The number of aliphatic hydroxyl groups excluding tert-OH is 1. The number of aliphatic hydroxyl groups is 1. The Hall–Kier alpha value is -2.99. The van der Waals surface area contributed by atoms with Crippen LogP contribution >= 0.6 is 0 Å². The van der Waals surface area contributed by atoms with Gasteiger partial charge in [-0.15, -0.1) is 0 Å². The summed E-state index contributed by atoms with van der Waals surface area (Å²) in [6, 6.07) is 14.8. The van der Waals surface area contributed by atoms with Gasteiger partial charge in [0.1, 0.15) is 12.1 Å². The number of rotatable bonds is 5. The van der Waals surface area contributed by atoms with Gasteiger partial charge < -0.3 is 15.7 Å². The van der Waals surface area contributed by atoms with Crippen molar-refractivity contribution in [2.45, 2.75) is 13.0 Å². The molecule has 1 heterocycles. The molecular weight excluding hydrogens is 304 g/mol. The number of hydrogen-bond donors (Lipinski definition) is 3. The minimum Gasteiger partial charge on any atom is -0.392 e. The number of para-hydroxylation sites is 1. The van der Waals surface area contributed by atoms with Crippen molar-refractivity contribution in [3.8, 4) is 0 Å². The summed E-state index contributed by atoms with van der Waals surface area (Å²) >= 11 is 0. The Bertz CT molecular complexity index is 859. The molecule has 1 amide bonds. The summed E-state index contributed by atoms with van der Waals surface area (Å²) in [6.07, 6.45) is 0.923. The molecule has 0 saturated carbocycles.